The van der Waals surface area contributed by atoms with Crippen LogP contribution in [0.2, 0.25) is 0 Å². The third-order valence-electron chi connectivity index (χ3n) is 5.70. The quantitative estimate of drug-likeness (QED) is 0.422. The number of rotatable bonds is 5. The predicted octanol–water partition coefficient (Wildman–Crippen LogP) is 2.93. The van der Waals surface area contributed by atoms with Crippen LogP contribution >= 0.6 is 24.0 Å². The van der Waals surface area contributed by atoms with E-state index in [2.05, 4.69) is 34.0 Å². The second-order valence-corrected chi connectivity index (χ2v) is 7.56. The first-order chi connectivity index (χ1) is 10.1. The van der Waals surface area contributed by atoms with Gasteiger partial charge in [-0.1, -0.05) is 6.42 Å². The van der Waals surface area contributed by atoms with Crippen LogP contribution in [0, 0.1) is 5.41 Å². The minimum Gasteiger partial charge on any atom is -0.355 e. The Kier molecular flexibility index (Phi) is 6.39. The molecule has 3 fully saturated rings. The lowest BCUT2D eigenvalue weighted by molar-refractivity contribution is 0.151. The van der Waals surface area contributed by atoms with Gasteiger partial charge in [0.15, 0.2) is 5.96 Å². The molecule has 4 nitrogen and oxygen atoms in total. The maximum atomic E-state index is 4.51. The van der Waals surface area contributed by atoms with E-state index in [1.807, 2.05) is 7.05 Å². The van der Waals surface area contributed by atoms with E-state index in [1.165, 1.54) is 51.6 Å². The zero-order chi connectivity index (χ0) is 14.9. The van der Waals surface area contributed by atoms with Crippen molar-refractivity contribution in [2.45, 2.75) is 64.5 Å². The van der Waals surface area contributed by atoms with Gasteiger partial charge in [-0.3, -0.25) is 9.89 Å². The predicted molar refractivity (Wildman–Crippen MR) is 104 cm³/mol. The van der Waals surface area contributed by atoms with Crippen molar-refractivity contribution in [1.82, 2.24) is 15.1 Å². The van der Waals surface area contributed by atoms with E-state index in [4.69, 9.17) is 0 Å². The Labute approximate surface area is 153 Å². The van der Waals surface area contributed by atoms with Gasteiger partial charge in [-0.2, -0.15) is 0 Å². The number of likely N-dealkylation sites (tertiary alicyclic amines) is 1. The SMILES string of the molecule is CN=C(NCCN(C(C)C)C1CC1)N1CCC2(CCC2)C1.I. The fourth-order valence-corrected chi connectivity index (χ4v) is 4.10. The molecule has 0 aromatic rings. The molecular formula is C17H33IN4. The van der Waals surface area contributed by atoms with Crippen LogP contribution in [0.25, 0.3) is 0 Å². The lowest BCUT2D eigenvalue weighted by Gasteiger charge is -2.38. The highest BCUT2D eigenvalue weighted by atomic mass is 127. The molecule has 0 atom stereocenters. The van der Waals surface area contributed by atoms with E-state index in [-0.39, 0.29) is 24.0 Å². The number of hydrogen-bond donors (Lipinski definition) is 1. The molecule has 1 spiro atoms. The maximum absolute atomic E-state index is 4.51. The fourth-order valence-electron chi connectivity index (χ4n) is 4.10. The Morgan fingerprint density at radius 2 is 2.05 bits per heavy atom. The molecule has 2 aliphatic carbocycles. The van der Waals surface area contributed by atoms with E-state index in [0.29, 0.717) is 11.5 Å². The van der Waals surface area contributed by atoms with Crippen molar-refractivity contribution in [3.63, 3.8) is 0 Å². The molecule has 1 N–H and O–H groups in total. The van der Waals surface area contributed by atoms with Gasteiger partial charge in [0.1, 0.15) is 0 Å². The molecule has 1 saturated heterocycles. The molecule has 2 saturated carbocycles. The van der Waals surface area contributed by atoms with Gasteiger partial charge in [0.25, 0.3) is 0 Å². The summed E-state index contributed by atoms with van der Waals surface area (Å²) >= 11 is 0. The number of hydrogen-bond acceptors (Lipinski definition) is 2. The topological polar surface area (TPSA) is 30.9 Å². The van der Waals surface area contributed by atoms with Crippen LogP contribution in [0.15, 0.2) is 4.99 Å². The molecule has 3 aliphatic rings. The number of nitrogens with one attached hydrogen (secondary N) is 1. The lowest BCUT2D eigenvalue weighted by Crippen LogP contribution is -2.46. The largest absolute Gasteiger partial charge is 0.355 e. The molecule has 1 aliphatic heterocycles. The van der Waals surface area contributed by atoms with Crippen molar-refractivity contribution in [1.29, 1.82) is 0 Å². The van der Waals surface area contributed by atoms with Gasteiger partial charge < -0.3 is 10.2 Å². The Balaban J connectivity index is 0.00000176. The normalized spacial score (nSPS) is 23.9. The van der Waals surface area contributed by atoms with Gasteiger partial charge in [-0.25, -0.2) is 0 Å². The highest BCUT2D eigenvalue weighted by Crippen LogP contribution is 2.47. The zero-order valence-electron chi connectivity index (χ0n) is 14.5. The van der Waals surface area contributed by atoms with Crippen molar-refractivity contribution in [2.24, 2.45) is 10.4 Å². The summed E-state index contributed by atoms with van der Waals surface area (Å²) in [4.78, 5) is 9.63. The molecule has 0 unspecified atom stereocenters. The van der Waals surface area contributed by atoms with Gasteiger partial charge in [0.2, 0.25) is 0 Å². The van der Waals surface area contributed by atoms with Crippen molar-refractivity contribution in [3.8, 4) is 0 Å². The first-order valence-corrected chi connectivity index (χ1v) is 8.85. The van der Waals surface area contributed by atoms with Crippen LogP contribution in [-0.4, -0.2) is 61.1 Å². The zero-order valence-corrected chi connectivity index (χ0v) is 16.8. The van der Waals surface area contributed by atoms with Crippen LogP contribution < -0.4 is 5.32 Å². The summed E-state index contributed by atoms with van der Waals surface area (Å²) in [6.07, 6.45) is 8.45. The molecule has 0 aromatic carbocycles. The number of nitrogens with zero attached hydrogens (tertiary/aromatic N) is 3. The Bertz CT molecular complexity index is 386. The molecule has 0 radical (unpaired) electrons. The molecule has 22 heavy (non-hydrogen) atoms. The second kappa shape index (κ2) is 7.69. The summed E-state index contributed by atoms with van der Waals surface area (Å²) < 4.78 is 0. The molecule has 0 amide bonds. The molecule has 128 valence electrons. The summed E-state index contributed by atoms with van der Waals surface area (Å²) in [5.74, 6) is 1.12. The van der Waals surface area contributed by atoms with Gasteiger partial charge in [-0.05, 0) is 51.4 Å². The Hall–Kier alpha value is -0.0400. The minimum absolute atomic E-state index is 0. The van der Waals surface area contributed by atoms with Crippen molar-refractivity contribution < 1.29 is 0 Å². The van der Waals surface area contributed by atoms with Gasteiger partial charge in [0, 0.05) is 45.3 Å². The maximum Gasteiger partial charge on any atom is 0.193 e. The molecule has 3 rings (SSSR count). The van der Waals surface area contributed by atoms with Gasteiger partial charge in [-0.15, -0.1) is 24.0 Å². The first kappa shape index (κ1) is 18.3. The third kappa shape index (κ3) is 4.08. The van der Waals surface area contributed by atoms with Crippen LogP contribution in [-0.2, 0) is 0 Å². The summed E-state index contributed by atoms with van der Waals surface area (Å²) in [5.41, 5.74) is 0.648. The Morgan fingerprint density at radius 3 is 2.50 bits per heavy atom. The van der Waals surface area contributed by atoms with Gasteiger partial charge >= 0.3 is 0 Å². The smallest absolute Gasteiger partial charge is 0.193 e. The van der Waals surface area contributed by atoms with Crippen molar-refractivity contribution in [2.75, 3.05) is 33.2 Å². The summed E-state index contributed by atoms with van der Waals surface area (Å²) in [7, 11) is 1.93. The standard InChI is InChI=1S/C17H32N4.HI/c1-14(2)21(15-5-6-15)12-10-19-16(18-3)20-11-9-17(13-20)7-4-8-17;/h14-15H,4-13H2,1-3H3,(H,18,19);1H. The van der Waals surface area contributed by atoms with Crippen LogP contribution in [0.3, 0.4) is 0 Å². The average molecular weight is 420 g/mol. The van der Waals surface area contributed by atoms with E-state index >= 15 is 0 Å². The molecule has 0 aromatic heterocycles. The van der Waals surface area contributed by atoms with E-state index in [1.54, 1.807) is 0 Å². The molecule has 5 heteroatoms. The highest BCUT2D eigenvalue weighted by Gasteiger charge is 2.43. The van der Waals surface area contributed by atoms with Crippen LogP contribution in [0.1, 0.15) is 52.4 Å². The van der Waals surface area contributed by atoms with Crippen molar-refractivity contribution in [3.05, 3.63) is 0 Å². The second-order valence-electron chi connectivity index (χ2n) is 7.56. The van der Waals surface area contributed by atoms with Crippen molar-refractivity contribution >= 4 is 29.9 Å². The first-order valence-electron chi connectivity index (χ1n) is 8.85. The van der Waals surface area contributed by atoms with E-state index in [0.717, 1.165) is 25.1 Å². The lowest BCUT2D eigenvalue weighted by atomic mass is 9.68. The molecule has 1 heterocycles. The number of halogens is 1. The van der Waals surface area contributed by atoms with Crippen LogP contribution in [0.4, 0.5) is 0 Å². The number of guanidine groups is 1. The average Bonchev–Trinajstić information content (AvgIpc) is 3.14. The monoisotopic (exact) mass is 420 g/mol. The highest BCUT2D eigenvalue weighted by molar-refractivity contribution is 14.0. The van der Waals surface area contributed by atoms with E-state index < -0.39 is 0 Å². The summed E-state index contributed by atoms with van der Waals surface area (Å²) in [6, 6.07) is 1.50. The van der Waals surface area contributed by atoms with E-state index in [9.17, 15) is 0 Å². The Morgan fingerprint density at radius 1 is 1.32 bits per heavy atom. The fraction of sp³-hybridized carbons (Fsp3) is 0.941. The van der Waals surface area contributed by atoms with Crippen LogP contribution in [0.5, 0.6) is 0 Å². The summed E-state index contributed by atoms with van der Waals surface area (Å²) in [5, 5.41) is 3.60. The third-order valence-corrected chi connectivity index (χ3v) is 5.70. The molecular weight excluding hydrogens is 387 g/mol. The van der Waals surface area contributed by atoms with Gasteiger partial charge in [0.05, 0.1) is 0 Å². The minimum atomic E-state index is 0. The summed E-state index contributed by atoms with van der Waals surface area (Å²) in [6.45, 7) is 9.20. The molecule has 0 bridgehead atoms. The number of aliphatic imine (C=N–C) groups is 1.